The first-order chi connectivity index (χ1) is 9.21. The van der Waals surface area contributed by atoms with Crippen molar-refractivity contribution in [1.82, 2.24) is 4.90 Å². The molecule has 2 rings (SSSR count). The third kappa shape index (κ3) is 3.44. The molecule has 2 atom stereocenters. The van der Waals surface area contributed by atoms with E-state index in [9.17, 15) is 4.79 Å². The van der Waals surface area contributed by atoms with Crippen LogP contribution in [-0.2, 0) is 4.74 Å². The van der Waals surface area contributed by atoms with Gasteiger partial charge in [-0.3, -0.25) is 4.79 Å². The summed E-state index contributed by atoms with van der Waals surface area (Å²) in [5.41, 5.74) is 5.80. The molecule has 1 amide bonds. The van der Waals surface area contributed by atoms with Gasteiger partial charge in [0, 0.05) is 26.2 Å². The molecule has 0 aliphatic carbocycles. The van der Waals surface area contributed by atoms with Gasteiger partial charge >= 0.3 is 0 Å². The Morgan fingerprint density at radius 3 is 2.90 bits per heavy atom. The summed E-state index contributed by atoms with van der Waals surface area (Å²) in [6.07, 6.45) is 1.85. The van der Waals surface area contributed by atoms with Crippen molar-refractivity contribution in [1.29, 1.82) is 0 Å². The van der Waals surface area contributed by atoms with Gasteiger partial charge in [-0.2, -0.15) is 0 Å². The summed E-state index contributed by atoms with van der Waals surface area (Å²) in [6.45, 7) is 1.14. The van der Waals surface area contributed by atoms with Gasteiger partial charge in [-0.1, -0.05) is 0 Å². The van der Waals surface area contributed by atoms with E-state index in [0.29, 0.717) is 23.7 Å². The largest absolute Gasteiger partial charge is 0.495 e. The molecule has 1 aromatic heterocycles. The Kier molecular flexibility index (Phi) is 6.75. The summed E-state index contributed by atoms with van der Waals surface area (Å²) in [5, 5.41) is 1.87. The zero-order valence-electron chi connectivity index (χ0n) is 11.7. The fourth-order valence-electron chi connectivity index (χ4n) is 2.46. The Morgan fingerprint density at radius 2 is 2.30 bits per heavy atom. The molecule has 20 heavy (non-hydrogen) atoms. The van der Waals surface area contributed by atoms with E-state index in [1.807, 2.05) is 16.3 Å². The van der Waals surface area contributed by atoms with E-state index in [0.717, 1.165) is 12.8 Å². The zero-order chi connectivity index (χ0) is 13.8. The number of nitrogens with zero attached hydrogens (tertiary/aromatic N) is 1. The summed E-state index contributed by atoms with van der Waals surface area (Å²) in [6, 6.07) is 1.86. The molecule has 0 radical (unpaired) electrons. The lowest BCUT2D eigenvalue weighted by molar-refractivity contribution is 0.0140. The first-order valence-corrected chi connectivity index (χ1v) is 7.24. The molecule has 0 saturated carbocycles. The lowest BCUT2D eigenvalue weighted by Crippen LogP contribution is -2.51. The van der Waals surface area contributed by atoms with Gasteiger partial charge in [0.05, 0.1) is 13.2 Å². The van der Waals surface area contributed by atoms with Crippen molar-refractivity contribution >= 4 is 29.7 Å². The van der Waals surface area contributed by atoms with E-state index in [1.54, 1.807) is 14.2 Å². The number of nitrogens with two attached hydrogens (primary N) is 1. The van der Waals surface area contributed by atoms with Crippen LogP contribution in [0, 0.1) is 0 Å². The van der Waals surface area contributed by atoms with Crippen LogP contribution in [0.1, 0.15) is 22.5 Å². The fraction of sp³-hybridized carbons (Fsp3) is 0.615. The summed E-state index contributed by atoms with van der Waals surface area (Å²) in [5.74, 6) is 0.650. The normalized spacial score (nSPS) is 22.2. The summed E-state index contributed by atoms with van der Waals surface area (Å²) in [4.78, 5) is 15.1. The third-order valence-corrected chi connectivity index (χ3v) is 4.46. The zero-order valence-corrected chi connectivity index (χ0v) is 13.3. The van der Waals surface area contributed by atoms with Gasteiger partial charge in [-0.25, -0.2) is 0 Å². The van der Waals surface area contributed by atoms with Crippen LogP contribution in [0.2, 0.25) is 0 Å². The van der Waals surface area contributed by atoms with E-state index < -0.39 is 0 Å². The van der Waals surface area contributed by atoms with Crippen molar-refractivity contribution < 1.29 is 14.3 Å². The van der Waals surface area contributed by atoms with Gasteiger partial charge in [0.1, 0.15) is 10.6 Å². The lowest BCUT2D eigenvalue weighted by Gasteiger charge is -2.38. The number of thiophene rings is 1. The number of rotatable bonds is 4. The maximum Gasteiger partial charge on any atom is 0.268 e. The molecule has 1 aromatic rings. The van der Waals surface area contributed by atoms with E-state index >= 15 is 0 Å². The van der Waals surface area contributed by atoms with Gasteiger partial charge in [-0.15, -0.1) is 23.7 Å². The molecule has 2 unspecified atom stereocenters. The number of likely N-dealkylation sites (tertiary alicyclic amines) is 1. The average molecular weight is 321 g/mol. The molecule has 2 heterocycles. The van der Waals surface area contributed by atoms with Crippen LogP contribution >= 0.6 is 23.7 Å². The Labute approximate surface area is 129 Å². The second-order valence-corrected chi connectivity index (χ2v) is 5.50. The molecule has 1 fully saturated rings. The minimum Gasteiger partial charge on any atom is -0.495 e. The predicted molar refractivity (Wildman–Crippen MR) is 82.0 cm³/mol. The maximum atomic E-state index is 12.6. The van der Waals surface area contributed by atoms with Crippen molar-refractivity contribution in [2.45, 2.75) is 25.0 Å². The smallest absolute Gasteiger partial charge is 0.268 e. The maximum absolute atomic E-state index is 12.6. The monoisotopic (exact) mass is 320 g/mol. The molecule has 1 aliphatic heterocycles. The molecule has 114 valence electrons. The number of carbonyl (C=O) groups excluding carboxylic acids is 1. The van der Waals surface area contributed by atoms with Crippen molar-refractivity contribution in [2.75, 3.05) is 27.3 Å². The highest BCUT2D eigenvalue weighted by atomic mass is 35.5. The van der Waals surface area contributed by atoms with E-state index in [-0.39, 0.29) is 30.5 Å². The van der Waals surface area contributed by atoms with Crippen LogP contribution in [0.4, 0.5) is 0 Å². The van der Waals surface area contributed by atoms with Gasteiger partial charge in [0.2, 0.25) is 0 Å². The van der Waals surface area contributed by atoms with E-state index in [4.69, 9.17) is 15.2 Å². The SMILES string of the molecule is COc1ccsc1C(=O)N1CCC(OC)CC1CN.Cl. The Morgan fingerprint density at radius 1 is 1.55 bits per heavy atom. The number of methoxy groups -OCH3 is 2. The first-order valence-electron chi connectivity index (χ1n) is 6.36. The lowest BCUT2D eigenvalue weighted by atomic mass is 9.99. The van der Waals surface area contributed by atoms with Crippen molar-refractivity contribution in [3.8, 4) is 5.75 Å². The van der Waals surface area contributed by atoms with E-state index in [1.165, 1.54) is 11.3 Å². The standard InChI is InChI=1S/C13H20N2O3S.ClH/c1-17-10-3-5-15(9(7-10)8-14)13(16)12-11(18-2)4-6-19-12;/h4,6,9-10H,3,5,7-8,14H2,1-2H3;1H. The average Bonchev–Trinajstić information content (AvgIpc) is 2.94. The van der Waals surface area contributed by atoms with Crippen LogP contribution < -0.4 is 10.5 Å². The number of hydrogen-bond acceptors (Lipinski definition) is 5. The number of piperidine rings is 1. The van der Waals surface area contributed by atoms with Crippen molar-refractivity contribution in [2.24, 2.45) is 5.73 Å². The van der Waals surface area contributed by atoms with Crippen LogP contribution in [0.5, 0.6) is 5.75 Å². The minimum absolute atomic E-state index is 0. The highest BCUT2D eigenvalue weighted by Gasteiger charge is 2.32. The van der Waals surface area contributed by atoms with Crippen LogP contribution in [0.3, 0.4) is 0 Å². The van der Waals surface area contributed by atoms with Crippen LogP contribution in [-0.4, -0.2) is 50.3 Å². The second kappa shape index (κ2) is 7.83. The Bertz CT molecular complexity index is 441. The molecular formula is C13H21ClN2O3S. The molecule has 1 saturated heterocycles. The fourth-order valence-corrected chi connectivity index (χ4v) is 3.28. The number of amides is 1. The Hall–Kier alpha value is -0.820. The van der Waals surface area contributed by atoms with Crippen molar-refractivity contribution in [3.05, 3.63) is 16.3 Å². The number of ether oxygens (including phenoxy) is 2. The molecule has 0 aromatic carbocycles. The first kappa shape index (κ1) is 17.2. The molecular weight excluding hydrogens is 300 g/mol. The van der Waals surface area contributed by atoms with Crippen LogP contribution in [0.15, 0.2) is 11.4 Å². The molecule has 7 heteroatoms. The highest BCUT2D eigenvalue weighted by molar-refractivity contribution is 7.12. The highest BCUT2D eigenvalue weighted by Crippen LogP contribution is 2.29. The molecule has 1 aliphatic rings. The molecule has 5 nitrogen and oxygen atoms in total. The minimum atomic E-state index is 0. The van der Waals surface area contributed by atoms with Gasteiger partial charge in [0.25, 0.3) is 5.91 Å². The second-order valence-electron chi connectivity index (χ2n) is 4.59. The van der Waals surface area contributed by atoms with E-state index in [2.05, 4.69) is 0 Å². The molecule has 2 N–H and O–H groups in total. The predicted octanol–water partition coefficient (Wildman–Crippen LogP) is 1.76. The number of carbonyl (C=O) groups is 1. The summed E-state index contributed by atoms with van der Waals surface area (Å²) in [7, 11) is 3.29. The van der Waals surface area contributed by atoms with Crippen molar-refractivity contribution in [3.63, 3.8) is 0 Å². The molecule has 0 bridgehead atoms. The van der Waals surface area contributed by atoms with Gasteiger partial charge < -0.3 is 20.1 Å². The number of halogens is 1. The quantitative estimate of drug-likeness (QED) is 0.918. The van der Waals surface area contributed by atoms with Crippen LogP contribution in [0.25, 0.3) is 0 Å². The van der Waals surface area contributed by atoms with Gasteiger partial charge in [0.15, 0.2) is 0 Å². The molecule has 0 spiro atoms. The third-order valence-electron chi connectivity index (χ3n) is 3.58. The van der Waals surface area contributed by atoms with Gasteiger partial charge in [-0.05, 0) is 24.3 Å². The number of hydrogen-bond donors (Lipinski definition) is 1. The summed E-state index contributed by atoms with van der Waals surface area (Å²) < 4.78 is 10.6. The summed E-state index contributed by atoms with van der Waals surface area (Å²) >= 11 is 1.41. The topological polar surface area (TPSA) is 64.8 Å². The Balaban J connectivity index is 0.00000200.